The number of aromatic nitrogens is 1. The number of pyridine rings is 1. The molecule has 0 atom stereocenters. The van der Waals surface area contributed by atoms with Gasteiger partial charge in [0.2, 0.25) is 0 Å². The summed E-state index contributed by atoms with van der Waals surface area (Å²) in [7, 11) is 4.16. The first-order chi connectivity index (χ1) is 11.6. The van der Waals surface area contributed by atoms with Crippen molar-refractivity contribution in [1.82, 2.24) is 9.88 Å². The van der Waals surface area contributed by atoms with E-state index < -0.39 is 0 Å². The largest absolute Gasteiger partial charge is 0.384 e. The Morgan fingerprint density at radius 2 is 1.79 bits per heavy atom. The fraction of sp³-hybridized carbons (Fsp3) is 0.250. The van der Waals surface area contributed by atoms with E-state index in [-0.39, 0.29) is 5.82 Å². The van der Waals surface area contributed by atoms with Gasteiger partial charge < -0.3 is 10.2 Å². The minimum atomic E-state index is -0.235. The van der Waals surface area contributed by atoms with Crippen LogP contribution in [0.25, 0.3) is 22.2 Å². The van der Waals surface area contributed by atoms with Crippen LogP contribution in [0, 0.1) is 5.82 Å². The van der Waals surface area contributed by atoms with Crippen LogP contribution in [0.2, 0.25) is 0 Å². The summed E-state index contributed by atoms with van der Waals surface area (Å²) in [5, 5.41) is 4.63. The Hall–Kier alpha value is -2.46. The predicted octanol–water partition coefficient (Wildman–Crippen LogP) is 4.40. The molecule has 124 valence electrons. The van der Waals surface area contributed by atoms with Crippen molar-refractivity contribution < 1.29 is 4.39 Å². The Morgan fingerprint density at radius 1 is 1.04 bits per heavy atom. The van der Waals surface area contributed by atoms with E-state index in [9.17, 15) is 4.39 Å². The number of hydrogen-bond donors (Lipinski definition) is 1. The smallest absolute Gasteiger partial charge is 0.123 e. The summed E-state index contributed by atoms with van der Waals surface area (Å²) in [6.07, 6.45) is 1.07. The number of nitrogens with one attached hydrogen (secondary N) is 1. The van der Waals surface area contributed by atoms with Gasteiger partial charge in [0.15, 0.2) is 0 Å². The highest BCUT2D eigenvalue weighted by atomic mass is 19.1. The maximum absolute atomic E-state index is 13.2. The number of anilines is 1. The van der Waals surface area contributed by atoms with E-state index in [4.69, 9.17) is 4.98 Å². The zero-order valence-corrected chi connectivity index (χ0v) is 14.1. The standard InChI is InChI=1S/C20H22FN3/c1-24(2)13-5-12-22-20-14-19(15-8-10-16(21)11-9-15)23-18-7-4-3-6-17(18)20/h3-4,6-11,14H,5,12-13H2,1-2H3,(H,22,23). The first-order valence-corrected chi connectivity index (χ1v) is 8.18. The lowest BCUT2D eigenvalue weighted by Crippen LogP contribution is -2.16. The quantitative estimate of drug-likeness (QED) is 0.681. The van der Waals surface area contributed by atoms with Gasteiger partial charge in [0.1, 0.15) is 5.82 Å². The van der Waals surface area contributed by atoms with Crippen LogP contribution >= 0.6 is 0 Å². The summed E-state index contributed by atoms with van der Waals surface area (Å²) < 4.78 is 13.2. The Labute approximate surface area is 142 Å². The topological polar surface area (TPSA) is 28.2 Å². The SMILES string of the molecule is CN(C)CCCNc1cc(-c2ccc(F)cc2)nc2ccccc12. The summed E-state index contributed by atoms with van der Waals surface area (Å²) in [6, 6.07) is 16.6. The zero-order valence-electron chi connectivity index (χ0n) is 14.1. The van der Waals surface area contributed by atoms with Crippen LogP contribution < -0.4 is 5.32 Å². The van der Waals surface area contributed by atoms with Crippen LogP contribution in [-0.4, -0.2) is 37.1 Å². The molecule has 0 aliphatic rings. The third-order valence-corrected chi connectivity index (χ3v) is 3.95. The molecule has 0 radical (unpaired) electrons. The molecule has 1 heterocycles. The minimum Gasteiger partial charge on any atom is -0.384 e. The lowest BCUT2D eigenvalue weighted by Gasteiger charge is -2.14. The van der Waals surface area contributed by atoms with Crippen molar-refractivity contribution in [3.8, 4) is 11.3 Å². The van der Waals surface area contributed by atoms with Crippen molar-refractivity contribution in [2.75, 3.05) is 32.5 Å². The molecule has 1 aromatic heterocycles. The normalized spacial score (nSPS) is 11.2. The average molecular weight is 323 g/mol. The highest BCUT2D eigenvalue weighted by molar-refractivity contribution is 5.93. The first-order valence-electron chi connectivity index (χ1n) is 8.18. The van der Waals surface area contributed by atoms with E-state index in [2.05, 4.69) is 30.4 Å². The van der Waals surface area contributed by atoms with Crippen molar-refractivity contribution in [1.29, 1.82) is 0 Å². The summed E-state index contributed by atoms with van der Waals surface area (Å²) in [5.74, 6) is -0.235. The number of halogens is 1. The van der Waals surface area contributed by atoms with Gasteiger partial charge in [0, 0.05) is 23.2 Å². The number of hydrogen-bond acceptors (Lipinski definition) is 3. The molecular weight excluding hydrogens is 301 g/mol. The molecule has 4 heteroatoms. The van der Waals surface area contributed by atoms with E-state index in [1.165, 1.54) is 12.1 Å². The average Bonchev–Trinajstić information content (AvgIpc) is 2.59. The predicted molar refractivity (Wildman–Crippen MR) is 98.8 cm³/mol. The fourth-order valence-electron chi connectivity index (χ4n) is 2.71. The van der Waals surface area contributed by atoms with Crippen LogP contribution in [0.15, 0.2) is 54.6 Å². The molecule has 0 bridgehead atoms. The maximum atomic E-state index is 13.2. The van der Waals surface area contributed by atoms with Gasteiger partial charge in [-0.15, -0.1) is 0 Å². The second-order valence-corrected chi connectivity index (χ2v) is 6.16. The molecule has 0 saturated heterocycles. The lowest BCUT2D eigenvalue weighted by molar-refractivity contribution is 0.405. The number of nitrogens with zero attached hydrogens (tertiary/aromatic N) is 2. The second-order valence-electron chi connectivity index (χ2n) is 6.16. The summed E-state index contributed by atoms with van der Waals surface area (Å²) in [4.78, 5) is 6.90. The Bertz CT molecular complexity index is 813. The summed E-state index contributed by atoms with van der Waals surface area (Å²) >= 11 is 0. The van der Waals surface area contributed by atoms with E-state index in [1.807, 2.05) is 24.3 Å². The summed E-state index contributed by atoms with van der Waals surface area (Å²) in [6.45, 7) is 1.94. The number of para-hydroxylation sites is 1. The van der Waals surface area contributed by atoms with E-state index in [0.717, 1.165) is 47.4 Å². The Morgan fingerprint density at radius 3 is 2.54 bits per heavy atom. The van der Waals surface area contributed by atoms with Crippen molar-refractivity contribution >= 4 is 16.6 Å². The molecule has 0 spiro atoms. The van der Waals surface area contributed by atoms with Crippen LogP contribution in [0.4, 0.5) is 10.1 Å². The molecule has 0 fully saturated rings. The molecule has 24 heavy (non-hydrogen) atoms. The number of rotatable bonds is 6. The number of fused-ring (bicyclic) bond motifs is 1. The molecular formula is C20H22FN3. The monoisotopic (exact) mass is 323 g/mol. The Balaban J connectivity index is 1.92. The third-order valence-electron chi connectivity index (χ3n) is 3.95. The summed E-state index contributed by atoms with van der Waals surface area (Å²) in [5.41, 5.74) is 3.77. The van der Waals surface area contributed by atoms with Crippen molar-refractivity contribution in [3.63, 3.8) is 0 Å². The molecule has 3 nitrogen and oxygen atoms in total. The van der Waals surface area contributed by atoms with E-state index >= 15 is 0 Å². The molecule has 0 unspecified atom stereocenters. The van der Waals surface area contributed by atoms with E-state index in [1.54, 1.807) is 12.1 Å². The number of benzene rings is 2. The first kappa shape index (κ1) is 16.4. The fourth-order valence-corrected chi connectivity index (χ4v) is 2.71. The van der Waals surface area contributed by atoms with Gasteiger partial charge in [0.25, 0.3) is 0 Å². The zero-order chi connectivity index (χ0) is 16.9. The molecule has 3 aromatic rings. The van der Waals surface area contributed by atoms with E-state index in [0.29, 0.717) is 0 Å². The van der Waals surface area contributed by atoms with Gasteiger partial charge >= 0.3 is 0 Å². The van der Waals surface area contributed by atoms with Crippen LogP contribution in [0.3, 0.4) is 0 Å². The minimum absolute atomic E-state index is 0.235. The van der Waals surface area contributed by atoms with Crippen LogP contribution in [0.1, 0.15) is 6.42 Å². The molecule has 2 aromatic carbocycles. The van der Waals surface area contributed by atoms with Crippen LogP contribution in [-0.2, 0) is 0 Å². The van der Waals surface area contributed by atoms with Crippen molar-refractivity contribution in [2.24, 2.45) is 0 Å². The van der Waals surface area contributed by atoms with Gasteiger partial charge in [-0.2, -0.15) is 0 Å². The van der Waals surface area contributed by atoms with Gasteiger partial charge in [-0.25, -0.2) is 9.37 Å². The van der Waals surface area contributed by atoms with Gasteiger partial charge in [-0.05, 0) is 63.5 Å². The highest BCUT2D eigenvalue weighted by Crippen LogP contribution is 2.28. The van der Waals surface area contributed by atoms with Crippen LogP contribution in [0.5, 0.6) is 0 Å². The molecule has 0 saturated carbocycles. The molecule has 0 amide bonds. The Kier molecular flexibility index (Phi) is 5.06. The molecule has 3 rings (SSSR count). The van der Waals surface area contributed by atoms with Crippen molar-refractivity contribution in [3.05, 3.63) is 60.4 Å². The second kappa shape index (κ2) is 7.41. The lowest BCUT2D eigenvalue weighted by atomic mass is 10.1. The van der Waals surface area contributed by atoms with Crippen molar-refractivity contribution in [2.45, 2.75) is 6.42 Å². The van der Waals surface area contributed by atoms with Gasteiger partial charge in [-0.3, -0.25) is 0 Å². The van der Waals surface area contributed by atoms with Gasteiger partial charge in [0.05, 0.1) is 11.2 Å². The third kappa shape index (κ3) is 3.89. The molecule has 0 aliphatic heterocycles. The maximum Gasteiger partial charge on any atom is 0.123 e. The van der Waals surface area contributed by atoms with Gasteiger partial charge in [-0.1, -0.05) is 18.2 Å². The highest BCUT2D eigenvalue weighted by Gasteiger charge is 2.07. The molecule has 0 aliphatic carbocycles. The molecule has 1 N–H and O–H groups in total.